The third-order valence-electron chi connectivity index (χ3n) is 3.24. The molecule has 1 aromatic carbocycles. The normalized spacial score (nSPS) is 16.4. The van der Waals surface area contributed by atoms with Crippen LogP contribution in [0.15, 0.2) is 24.3 Å². The molecule has 0 atom stereocenters. The molecule has 0 aromatic heterocycles. The molecule has 3 heteroatoms. The number of alkyl halides is 1. The van der Waals surface area contributed by atoms with Crippen molar-refractivity contribution in [1.82, 2.24) is 4.90 Å². The fourth-order valence-corrected chi connectivity index (χ4v) is 2.58. The van der Waals surface area contributed by atoms with Crippen LogP contribution in [0, 0.1) is 5.82 Å². The molecule has 1 aromatic rings. The highest BCUT2D eigenvalue weighted by atomic mass is 79.9. The van der Waals surface area contributed by atoms with Crippen molar-refractivity contribution in [3.63, 3.8) is 0 Å². The average molecular weight is 286 g/mol. The predicted molar refractivity (Wildman–Crippen MR) is 68.2 cm³/mol. The average Bonchev–Trinajstić information content (AvgIpc) is 2.15. The van der Waals surface area contributed by atoms with E-state index in [2.05, 4.69) is 20.8 Å². The zero-order valence-electron chi connectivity index (χ0n) is 9.33. The van der Waals surface area contributed by atoms with Crippen LogP contribution in [0.3, 0.4) is 0 Å². The van der Waals surface area contributed by atoms with Gasteiger partial charge in [-0.05, 0) is 30.5 Å². The lowest BCUT2D eigenvalue weighted by molar-refractivity contribution is 0.128. The van der Waals surface area contributed by atoms with Gasteiger partial charge in [0.1, 0.15) is 5.82 Å². The summed E-state index contributed by atoms with van der Waals surface area (Å²) < 4.78 is 13.1. The number of nitrogens with zero attached hydrogens (tertiary/aromatic N) is 1. The van der Waals surface area contributed by atoms with Crippen molar-refractivity contribution in [3.05, 3.63) is 35.6 Å². The number of hydrogen-bond acceptors (Lipinski definition) is 1. The van der Waals surface area contributed by atoms with Gasteiger partial charge in [-0.2, -0.15) is 0 Å². The zero-order valence-corrected chi connectivity index (χ0v) is 10.9. The fourth-order valence-electron chi connectivity index (χ4n) is 2.12. The van der Waals surface area contributed by atoms with E-state index in [9.17, 15) is 4.39 Å². The van der Waals surface area contributed by atoms with Crippen LogP contribution in [0.4, 0.5) is 4.39 Å². The maximum absolute atomic E-state index is 13.1. The molecule has 1 saturated carbocycles. The van der Waals surface area contributed by atoms with Crippen molar-refractivity contribution in [2.75, 3.05) is 11.9 Å². The van der Waals surface area contributed by atoms with Gasteiger partial charge in [0.25, 0.3) is 0 Å². The minimum atomic E-state index is -0.134. The summed E-state index contributed by atoms with van der Waals surface area (Å²) in [5.74, 6) is -0.134. The molecule has 0 unspecified atom stereocenters. The van der Waals surface area contributed by atoms with Gasteiger partial charge in [0.05, 0.1) is 0 Å². The van der Waals surface area contributed by atoms with E-state index in [1.165, 1.54) is 25.3 Å². The van der Waals surface area contributed by atoms with Gasteiger partial charge in [0.2, 0.25) is 0 Å². The van der Waals surface area contributed by atoms with E-state index in [-0.39, 0.29) is 5.82 Å². The first-order valence-electron chi connectivity index (χ1n) is 5.84. The summed E-state index contributed by atoms with van der Waals surface area (Å²) in [4.78, 5) is 2.45. The largest absolute Gasteiger partial charge is 0.295 e. The molecule has 16 heavy (non-hydrogen) atoms. The van der Waals surface area contributed by atoms with Gasteiger partial charge >= 0.3 is 0 Å². The first-order valence-corrected chi connectivity index (χ1v) is 6.96. The van der Waals surface area contributed by atoms with Gasteiger partial charge in [-0.3, -0.25) is 4.90 Å². The molecule has 0 saturated heterocycles. The molecule has 0 spiro atoms. The molecule has 1 aliphatic carbocycles. The second kappa shape index (κ2) is 5.78. The zero-order chi connectivity index (χ0) is 11.4. The van der Waals surface area contributed by atoms with E-state index >= 15 is 0 Å². The molecule has 0 radical (unpaired) electrons. The third-order valence-corrected chi connectivity index (χ3v) is 3.59. The van der Waals surface area contributed by atoms with Crippen molar-refractivity contribution in [3.8, 4) is 0 Å². The Hall–Kier alpha value is -0.410. The Kier molecular flexibility index (Phi) is 4.36. The van der Waals surface area contributed by atoms with Crippen LogP contribution in [0.5, 0.6) is 0 Å². The van der Waals surface area contributed by atoms with Crippen LogP contribution >= 0.6 is 15.9 Å². The van der Waals surface area contributed by atoms with Gasteiger partial charge in [0.15, 0.2) is 0 Å². The quantitative estimate of drug-likeness (QED) is 0.748. The smallest absolute Gasteiger partial charge is 0.123 e. The Labute approximate surface area is 105 Å². The Morgan fingerprint density at radius 2 is 2.19 bits per heavy atom. The first-order chi connectivity index (χ1) is 7.79. The van der Waals surface area contributed by atoms with Gasteiger partial charge < -0.3 is 0 Å². The summed E-state index contributed by atoms with van der Waals surface area (Å²) >= 11 is 3.48. The van der Waals surface area contributed by atoms with Crippen LogP contribution in [0.25, 0.3) is 0 Å². The van der Waals surface area contributed by atoms with Gasteiger partial charge in [0, 0.05) is 24.5 Å². The number of benzene rings is 1. The standard InChI is InChI=1S/C13H17BrFN/c14-7-8-16(13-5-2-6-13)10-11-3-1-4-12(15)9-11/h1,3-4,9,13H,2,5-8,10H2. The summed E-state index contributed by atoms with van der Waals surface area (Å²) in [7, 11) is 0. The molecule has 1 aliphatic rings. The summed E-state index contributed by atoms with van der Waals surface area (Å²) in [6, 6.07) is 7.64. The Bertz CT molecular complexity index is 338. The van der Waals surface area contributed by atoms with Gasteiger partial charge in [-0.25, -0.2) is 4.39 Å². The van der Waals surface area contributed by atoms with Gasteiger partial charge in [-0.1, -0.05) is 34.5 Å². The molecule has 1 fully saturated rings. The maximum atomic E-state index is 13.1. The van der Waals surface area contributed by atoms with E-state index in [1.54, 1.807) is 12.1 Å². The number of halogens is 2. The molecule has 88 valence electrons. The summed E-state index contributed by atoms with van der Waals surface area (Å²) in [5.41, 5.74) is 1.08. The number of rotatable bonds is 5. The lowest BCUT2D eigenvalue weighted by Crippen LogP contribution is -2.40. The lowest BCUT2D eigenvalue weighted by Gasteiger charge is -2.37. The van der Waals surface area contributed by atoms with E-state index in [0.717, 1.165) is 24.0 Å². The van der Waals surface area contributed by atoms with Crippen molar-refractivity contribution >= 4 is 15.9 Å². The first kappa shape index (κ1) is 12.1. The van der Waals surface area contributed by atoms with Crippen molar-refractivity contribution in [1.29, 1.82) is 0 Å². The van der Waals surface area contributed by atoms with Crippen molar-refractivity contribution in [2.45, 2.75) is 31.8 Å². The lowest BCUT2D eigenvalue weighted by atomic mass is 9.91. The molecule has 0 N–H and O–H groups in total. The fraction of sp³-hybridized carbons (Fsp3) is 0.538. The van der Waals surface area contributed by atoms with Crippen LogP contribution < -0.4 is 0 Å². The second-order valence-corrected chi connectivity index (χ2v) is 5.17. The molecule has 1 nitrogen and oxygen atoms in total. The minimum absolute atomic E-state index is 0.134. The molecule has 0 heterocycles. The van der Waals surface area contributed by atoms with Gasteiger partial charge in [-0.15, -0.1) is 0 Å². The van der Waals surface area contributed by atoms with Crippen LogP contribution in [-0.2, 0) is 6.54 Å². The number of hydrogen-bond donors (Lipinski definition) is 0. The van der Waals surface area contributed by atoms with E-state index in [1.807, 2.05) is 6.07 Å². The molecule has 0 bridgehead atoms. The van der Waals surface area contributed by atoms with Crippen molar-refractivity contribution in [2.24, 2.45) is 0 Å². The minimum Gasteiger partial charge on any atom is -0.295 e. The summed E-state index contributed by atoms with van der Waals surface area (Å²) in [5, 5.41) is 0.985. The summed E-state index contributed by atoms with van der Waals surface area (Å²) in [6.45, 7) is 1.91. The molecular weight excluding hydrogens is 269 g/mol. The molecule has 2 rings (SSSR count). The predicted octanol–water partition coefficient (Wildman–Crippen LogP) is 3.58. The van der Waals surface area contributed by atoms with E-state index in [0.29, 0.717) is 6.04 Å². The molecule has 0 aliphatic heterocycles. The maximum Gasteiger partial charge on any atom is 0.123 e. The highest BCUT2D eigenvalue weighted by Gasteiger charge is 2.24. The monoisotopic (exact) mass is 285 g/mol. The SMILES string of the molecule is Fc1cccc(CN(CCBr)C2CCC2)c1. The Morgan fingerprint density at radius 3 is 2.75 bits per heavy atom. The second-order valence-electron chi connectivity index (χ2n) is 4.37. The van der Waals surface area contributed by atoms with Crippen LogP contribution in [0.2, 0.25) is 0 Å². The van der Waals surface area contributed by atoms with Crippen LogP contribution in [-0.4, -0.2) is 22.8 Å². The van der Waals surface area contributed by atoms with Crippen molar-refractivity contribution < 1.29 is 4.39 Å². The van der Waals surface area contributed by atoms with Crippen LogP contribution in [0.1, 0.15) is 24.8 Å². The van der Waals surface area contributed by atoms with E-state index < -0.39 is 0 Å². The topological polar surface area (TPSA) is 3.24 Å². The summed E-state index contributed by atoms with van der Waals surface area (Å²) in [6.07, 6.45) is 3.93. The molecule has 0 amide bonds. The van der Waals surface area contributed by atoms with E-state index in [4.69, 9.17) is 0 Å². The highest BCUT2D eigenvalue weighted by Crippen LogP contribution is 2.26. The Balaban J connectivity index is 1.98. The highest BCUT2D eigenvalue weighted by molar-refractivity contribution is 9.09. The Morgan fingerprint density at radius 1 is 1.38 bits per heavy atom. The molecular formula is C13H17BrFN. The third kappa shape index (κ3) is 3.05.